The van der Waals surface area contributed by atoms with Crippen LogP contribution in [0.2, 0.25) is 0 Å². The molecule has 0 aliphatic carbocycles. The molecule has 72 valence electrons. The average Bonchev–Trinajstić information content (AvgIpc) is 2.04. The Hall–Kier alpha value is -0.0800. The van der Waals surface area contributed by atoms with Crippen molar-refractivity contribution in [2.45, 2.75) is 33.2 Å². The van der Waals surface area contributed by atoms with Crippen molar-refractivity contribution in [2.75, 3.05) is 26.2 Å². The van der Waals surface area contributed by atoms with Crippen molar-refractivity contribution in [3.63, 3.8) is 0 Å². The molecule has 2 heteroatoms. The highest BCUT2D eigenvalue weighted by Crippen LogP contribution is 2.12. The lowest BCUT2D eigenvalue weighted by molar-refractivity contribution is 0.149. The molecule has 0 bridgehead atoms. The quantitative estimate of drug-likeness (QED) is 0.687. The molecule has 0 aromatic carbocycles. The Bertz CT molecular complexity index is 123. The van der Waals surface area contributed by atoms with E-state index in [1.165, 1.54) is 32.6 Å². The van der Waals surface area contributed by atoms with Gasteiger partial charge in [-0.05, 0) is 18.9 Å². The van der Waals surface area contributed by atoms with E-state index in [1.54, 1.807) is 0 Å². The number of nitrogens with zero attached hydrogens (tertiary/aromatic N) is 1. The van der Waals surface area contributed by atoms with Crippen LogP contribution in [-0.4, -0.2) is 37.1 Å². The van der Waals surface area contributed by atoms with Crippen molar-refractivity contribution >= 4 is 0 Å². The van der Waals surface area contributed by atoms with Crippen LogP contribution < -0.4 is 5.32 Å². The molecular weight excluding hydrogens is 148 g/mol. The molecule has 1 heterocycles. The van der Waals surface area contributed by atoms with E-state index in [4.69, 9.17) is 0 Å². The molecular formula is C10H22N2. The van der Waals surface area contributed by atoms with Crippen LogP contribution in [0.1, 0.15) is 27.2 Å². The third kappa shape index (κ3) is 2.76. The number of hydrogen-bond donors (Lipinski definition) is 1. The third-order valence-corrected chi connectivity index (χ3v) is 2.62. The Balaban J connectivity index is 2.36. The van der Waals surface area contributed by atoms with E-state index in [2.05, 4.69) is 31.0 Å². The molecule has 1 N–H and O–H groups in total. The van der Waals surface area contributed by atoms with Gasteiger partial charge < -0.3 is 5.32 Å². The number of rotatable bonds is 3. The van der Waals surface area contributed by atoms with Crippen LogP contribution in [0.5, 0.6) is 0 Å². The van der Waals surface area contributed by atoms with Crippen LogP contribution in [0.3, 0.4) is 0 Å². The molecule has 1 aliphatic heterocycles. The SMILES string of the molecule is CCN1CCNC[C@H]1CC(C)C. The van der Waals surface area contributed by atoms with E-state index in [-0.39, 0.29) is 0 Å². The summed E-state index contributed by atoms with van der Waals surface area (Å²) in [6, 6.07) is 0.781. The van der Waals surface area contributed by atoms with E-state index < -0.39 is 0 Å². The van der Waals surface area contributed by atoms with Gasteiger partial charge in [-0.3, -0.25) is 4.90 Å². The van der Waals surface area contributed by atoms with Crippen molar-refractivity contribution in [1.82, 2.24) is 10.2 Å². The molecule has 1 aliphatic rings. The van der Waals surface area contributed by atoms with E-state index in [0.717, 1.165) is 12.0 Å². The fourth-order valence-corrected chi connectivity index (χ4v) is 2.00. The number of hydrogen-bond acceptors (Lipinski definition) is 2. The number of likely N-dealkylation sites (N-methyl/N-ethyl adjacent to an activating group) is 1. The summed E-state index contributed by atoms with van der Waals surface area (Å²) < 4.78 is 0. The molecule has 1 atom stereocenters. The number of piperazine rings is 1. The van der Waals surface area contributed by atoms with Gasteiger partial charge >= 0.3 is 0 Å². The summed E-state index contributed by atoms with van der Waals surface area (Å²) >= 11 is 0. The second-order valence-corrected chi connectivity index (χ2v) is 4.12. The molecule has 2 nitrogen and oxygen atoms in total. The van der Waals surface area contributed by atoms with Crippen molar-refractivity contribution in [3.8, 4) is 0 Å². The molecule has 12 heavy (non-hydrogen) atoms. The lowest BCUT2D eigenvalue weighted by Gasteiger charge is -2.36. The van der Waals surface area contributed by atoms with Crippen molar-refractivity contribution < 1.29 is 0 Å². The zero-order valence-corrected chi connectivity index (χ0v) is 8.64. The highest BCUT2D eigenvalue weighted by molar-refractivity contribution is 4.79. The van der Waals surface area contributed by atoms with Crippen molar-refractivity contribution in [1.29, 1.82) is 0 Å². The first kappa shape index (κ1) is 10.0. The molecule has 0 aromatic heterocycles. The lowest BCUT2D eigenvalue weighted by atomic mass is 10.0. The molecule has 0 unspecified atom stereocenters. The second-order valence-electron chi connectivity index (χ2n) is 4.12. The Kier molecular flexibility index (Phi) is 4.02. The Labute approximate surface area is 76.3 Å². The van der Waals surface area contributed by atoms with Gasteiger partial charge in [0.2, 0.25) is 0 Å². The van der Waals surface area contributed by atoms with Gasteiger partial charge in [-0.25, -0.2) is 0 Å². The van der Waals surface area contributed by atoms with Gasteiger partial charge in [-0.2, -0.15) is 0 Å². The van der Waals surface area contributed by atoms with E-state index in [9.17, 15) is 0 Å². The topological polar surface area (TPSA) is 15.3 Å². The normalized spacial score (nSPS) is 26.5. The molecule has 0 amide bonds. The minimum atomic E-state index is 0.781. The van der Waals surface area contributed by atoms with Gasteiger partial charge in [-0.1, -0.05) is 20.8 Å². The summed E-state index contributed by atoms with van der Waals surface area (Å²) in [6.45, 7) is 11.7. The Morgan fingerprint density at radius 2 is 2.25 bits per heavy atom. The number of nitrogens with one attached hydrogen (secondary N) is 1. The molecule has 0 saturated carbocycles. The smallest absolute Gasteiger partial charge is 0.0223 e. The zero-order valence-electron chi connectivity index (χ0n) is 8.64. The van der Waals surface area contributed by atoms with Crippen LogP contribution >= 0.6 is 0 Å². The predicted molar refractivity (Wildman–Crippen MR) is 53.4 cm³/mol. The summed E-state index contributed by atoms with van der Waals surface area (Å²) in [7, 11) is 0. The lowest BCUT2D eigenvalue weighted by Crippen LogP contribution is -2.51. The zero-order chi connectivity index (χ0) is 8.97. The van der Waals surface area contributed by atoms with Gasteiger partial charge in [0.05, 0.1) is 0 Å². The molecule has 1 rings (SSSR count). The summed E-state index contributed by atoms with van der Waals surface area (Å²) in [5.74, 6) is 0.823. The minimum Gasteiger partial charge on any atom is -0.314 e. The van der Waals surface area contributed by atoms with Crippen LogP contribution in [0, 0.1) is 5.92 Å². The van der Waals surface area contributed by atoms with Gasteiger partial charge in [0, 0.05) is 25.7 Å². The summed E-state index contributed by atoms with van der Waals surface area (Å²) in [6.07, 6.45) is 1.33. The molecule has 1 fully saturated rings. The third-order valence-electron chi connectivity index (χ3n) is 2.62. The van der Waals surface area contributed by atoms with Gasteiger partial charge in [0.15, 0.2) is 0 Å². The maximum Gasteiger partial charge on any atom is 0.0223 e. The standard InChI is InChI=1S/C10H22N2/c1-4-12-6-5-11-8-10(12)7-9(2)3/h9-11H,4-8H2,1-3H3/t10-/m1/s1. The van der Waals surface area contributed by atoms with Crippen molar-refractivity contribution in [2.24, 2.45) is 5.92 Å². The summed E-state index contributed by atoms with van der Waals surface area (Å²) in [4.78, 5) is 2.59. The fraction of sp³-hybridized carbons (Fsp3) is 1.00. The van der Waals surface area contributed by atoms with Gasteiger partial charge in [0.1, 0.15) is 0 Å². The predicted octanol–water partition coefficient (Wildman–Crippen LogP) is 1.33. The van der Waals surface area contributed by atoms with Crippen LogP contribution in [0.15, 0.2) is 0 Å². The fourth-order valence-electron chi connectivity index (χ4n) is 2.00. The first-order valence-electron chi connectivity index (χ1n) is 5.18. The highest BCUT2D eigenvalue weighted by atomic mass is 15.2. The minimum absolute atomic E-state index is 0.781. The van der Waals surface area contributed by atoms with Crippen LogP contribution in [-0.2, 0) is 0 Å². The molecule has 1 saturated heterocycles. The first-order valence-corrected chi connectivity index (χ1v) is 5.18. The van der Waals surface area contributed by atoms with Gasteiger partial charge in [-0.15, -0.1) is 0 Å². The molecule has 0 radical (unpaired) electrons. The van der Waals surface area contributed by atoms with E-state index in [1.807, 2.05) is 0 Å². The average molecular weight is 170 g/mol. The maximum absolute atomic E-state index is 3.46. The molecule has 0 aromatic rings. The second kappa shape index (κ2) is 4.83. The maximum atomic E-state index is 3.46. The Morgan fingerprint density at radius 3 is 2.83 bits per heavy atom. The van der Waals surface area contributed by atoms with Gasteiger partial charge in [0.25, 0.3) is 0 Å². The van der Waals surface area contributed by atoms with E-state index >= 15 is 0 Å². The summed E-state index contributed by atoms with van der Waals surface area (Å²) in [5, 5.41) is 3.46. The van der Waals surface area contributed by atoms with Crippen molar-refractivity contribution in [3.05, 3.63) is 0 Å². The largest absolute Gasteiger partial charge is 0.314 e. The monoisotopic (exact) mass is 170 g/mol. The Morgan fingerprint density at radius 1 is 1.50 bits per heavy atom. The molecule has 0 spiro atoms. The first-order chi connectivity index (χ1) is 5.74. The van der Waals surface area contributed by atoms with Crippen LogP contribution in [0.4, 0.5) is 0 Å². The summed E-state index contributed by atoms with van der Waals surface area (Å²) in [5.41, 5.74) is 0. The highest BCUT2D eigenvalue weighted by Gasteiger charge is 2.20. The van der Waals surface area contributed by atoms with Crippen LogP contribution in [0.25, 0.3) is 0 Å². The van der Waals surface area contributed by atoms with E-state index in [0.29, 0.717) is 0 Å².